The Bertz CT molecular complexity index is 622. The Morgan fingerprint density at radius 2 is 1.95 bits per heavy atom. The molecule has 0 atom stereocenters. The molecule has 0 unspecified atom stereocenters. The number of benzene rings is 1. The Morgan fingerprint density at radius 1 is 1.15 bits per heavy atom. The van der Waals surface area contributed by atoms with E-state index >= 15 is 0 Å². The summed E-state index contributed by atoms with van der Waals surface area (Å²) in [5, 5.41) is 3.40. The molecular weight excluding hydrogens is 312 g/mol. The van der Waals surface area contributed by atoms with Crippen LogP contribution in [-0.2, 0) is 19.4 Å². The Morgan fingerprint density at radius 3 is 2.75 bits per heavy atom. The van der Waals surface area contributed by atoms with Crippen LogP contribution in [0.1, 0.15) is 35.1 Å². The summed E-state index contributed by atoms with van der Waals surface area (Å²) in [6.45, 7) is 2.91. The van der Waals surface area contributed by atoms with Crippen LogP contribution in [-0.4, -0.2) is 4.98 Å². The first kappa shape index (κ1) is 13.6. The van der Waals surface area contributed by atoms with Gasteiger partial charge in [0.25, 0.3) is 0 Å². The van der Waals surface area contributed by atoms with Gasteiger partial charge in [0.15, 0.2) is 0 Å². The van der Waals surface area contributed by atoms with E-state index in [2.05, 4.69) is 57.4 Å². The molecule has 104 valence electrons. The van der Waals surface area contributed by atoms with E-state index in [1.165, 1.54) is 47.9 Å². The summed E-state index contributed by atoms with van der Waals surface area (Å²) in [4.78, 5) is 4.38. The number of aryl methyl sites for hydroxylation is 3. The van der Waals surface area contributed by atoms with Gasteiger partial charge in [-0.2, -0.15) is 0 Å². The van der Waals surface area contributed by atoms with Crippen molar-refractivity contribution >= 4 is 21.7 Å². The predicted molar refractivity (Wildman–Crippen MR) is 87.1 cm³/mol. The molecule has 0 saturated heterocycles. The number of pyridine rings is 1. The molecule has 3 heteroatoms. The molecule has 0 aliphatic heterocycles. The molecule has 1 heterocycles. The number of nitrogens with one attached hydrogen (secondary N) is 1. The molecule has 1 aromatic carbocycles. The van der Waals surface area contributed by atoms with Crippen LogP contribution in [0.2, 0.25) is 0 Å². The Labute approximate surface area is 128 Å². The topological polar surface area (TPSA) is 24.9 Å². The lowest BCUT2D eigenvalue weighted by molar-refractivity contribution is 0.684. The van der Waals surface area contributed by atoms with Crippen LogP contribution in [0.3, 0.4) is 0 Å². The number of fused-ring (bicyclic) bond motifs is 1. The molecule has 1 aliphatic carbocycles. The van der Waals surface area contributed by atoms with E-state index in [0.29, 0.717) is 0 Å². The molecule has 2 nitrogen and oxygen atoms in total. The number of hydrogen-bond acceptors (Lipinski definition) is 2. The highest BCUT2D eigenvalue weighted by molar-refractivity contribution is 9.10. The lowest BCUT2D eigenvalue weighted by Gasteiger charge is -2.17. The van der Waals surface area contributed by atoms with E-state index < -0.39 is 0 Å². The minimum atomic E-state index is 0.835. The normalized spacial score (nSPS) is 13.9. The highest BCUT2D eigenvalue weighted by atomic mass is 79.9. The quantitative estimate of drug-likeness (QED) is 0.886. The van der Waals surface area contributed by atoms with Gasteiger partial charge in [0, 0.05) is 17.2 Å². The average Bonchev–Trinajstić information content (AvgIpc) is 2.48. The lowest BCUT2D eigenvalue weighted by atomic mass is 9.90. The van der Waals surface area contributed by atoms with Gasteiger partial charge in [-0.25, -0.2) is 4.98 Å². The number of hydrogen-bond donors (Lipinski definition) is 1. The Balaban J connectivity index is 1.70. The molecule has 0 amide bonds. The molecule has 0 radical (unpaired) electrons. The van der Waals surface area contributed by atoms with Crippen LogP contribution in [0.15, 0.2) is 34.9 Å². The predicted octanol–water partition coefficient (Wildman–Crippen LogP) is 4.64. The fourth-order valence-electron chi connectivity index (χ4n) is 2.73. The first-order valence-corrected chi connectivity index (χ1v) is 7.98. The van der Waals surface area contributed by atoms with Crippen LogP contribution in [0.5, 0.6) is 0 Å². The molecule has 1 N–H and O–H groups in total. The van der Waals surface area contributed by atoms with Gasteiger partial charge >= 0.3 is 0 Å². The van der Waals surface area contributed by atoms with Crippen LogP contribution >= 0.6 is 15.9 Å². The van der Waals surface area contributed by atoms with Crippen molar-refractivity contribution in [2.45, 2.75) is 39.2 Å². The van der Waals surface area contributed by atoms with Gasteiger partial charge in [-0.15, -0.1) is 0 Å². The maximum atomic E-state index is 4.38. The molecule has 20 heavy (non-hydrogen) atoms. The van der Waals surface area contributed by atoms with Crippen LogP contribution in [0.25, 0.3) is 0 Å². The van der Waals surface area contributed by atoms with E-state index in [4.69, 9.17) is 0 Å². The Kier molecular flexibility index (Phi) is 4.06. The molecule has 0 bridgehead atoms. The van der Waals surface area contributed by atoms with Crippen molar-refractivity contribution in [3.8, 4) is 0 Å². The number of rotatable bonds is 3. The highest BCUT2D eigenvalue weighted by Gasteiger charge is 2.09. The van der Waals surface area contributed by atoms with E-state index in [0.717, 1.165) is 16.8 Å². The zero-order valence-corrected chi connectivity index (χ0v) is 13.3. The van der Waals surface area contributed by atoms with Crippen molar-refractivity contribution in [3.05, 3.63) is 57.2 Å². The summed E-state index contributed by atoms with van der Waals surface area (Å²) in [6.07, 6.45) is 7.00. The van der Waals surface area contributed by atoms with Crippen LogP contribution in [0.4, 0.5) is 5.82 Å². The summed E-state index contributed by atoms with van der Waals surface area (Å²) in [5.41, 5.74) is 5.62. The van der Waals surface area contributed by atoms with E-state index in [1.807, 2.05) is 6.20 Å². The lowest BCUT2D eigenvalue weighted by Crippen LogP contribution is -2.06. The van der Waals surface area contributed by atoms with E-state index in [-0.39, 0.29) is 0 Å². The molecule has 1 aliphatic rings. The number of anilines is 1. The molecule has 1 aromatic heterocycles. The fourth-order valence-corrected chi connectivity index (χ4v) is 2.94. The maximum Gasteiger partial charge on any atom is 0.126 e. The van der Waals surface area contributed by atoms with Crippen molar-refractivity contribution < 1.29 is 0 Å². The average molecular weight is 331 g/mol. The third-order valence-corrected chi connectivity index (χ3v) is 4.76. The third-order valence-electron chi connectivity index (χ3n) is 3.93. The van der Waals surface area contributed by atoms with Crippen molar-refractivity contribution in [1.82, 2.24) is 4.98 Å². The van der Waals surface area contributed by atoms with Gasteiger partial charge in [-0.3, -0.25) is 0 Å². The SMILES string of the molecule is Cc1cc(NCc2ccc3c(c2)CCCC3)ncc1Br. The molecule has 0 spiro atoms. The van der Waals surface area contributed by atoms with Crippen molar-refractivity contribution in [2.24, 2.45) is 0 Å². The van der Waals surface area contributed by atoms with Gasteiger partial charge in [-0.05, 0) is 76.9 Å². The number of halogens is 1. The van der Waals surface area contributed by atoms with Crippen molar-refractivity contribution in [1.29, 1.82) is 0 Å². The highest BCUT2D eigenvalue weighted by Crippen LogP contribution is 2.23. The van der Waals surface area contributed by atoms with Gasteiger partial charge < -0.3 is 5.32 Å². The molecular formula is C17H19BrN2. The summed E-state index contributed by atoms with van der Waals surface area (Å²) < 4.78 is 1.05. The van der Waals surface area contributed by atoms with Gasteiger partial charge in [0.2, 0.25) is 0 Å². The third kappa shape index (κ3) is 3.04. The zero-order chi connectivity index (χ0) is 13.9. The molecule has 0 saturated carbocycles. The van der Waals surface area contributed by atoms with E-state index in [9.17, 15) is 0 Å². The first-order valence-electron chi connectivity index (χ1n) is 7.19. The maximum absolute atomic E-state index is 4.38. The van der Waals surface area contributed by atoms with Gasteiger partial charge in [0.05, 0.1) is 0 Å². The van der Waals surface area contributed by atoms with Crippen molar-refractivity contribution in [3.63, 3.8) is 0 Å². The second-order valence-electron chi connectivity index (χ2n) is 5.48. The first-order chi connectivity index (χ1) is 9.72. The molecule has 2 aromatic rings. The fraction of sp³-hybridized carbons (Fsp3) is 0.353. The monoisotopic (exact) mass is 330 g/mol. The van der Waals surface area contributed by atoms with Crippen LogP contribution < -0.4 is 5.32 Å². The largest absolute Gasteiger partial charge is 0.366 e. The van der Waals surface area contributed by atoms with Crippen molar-refractivity contribution in [2.75, 3.05) is 5.32 Å². The summed E-state index contributed by atoms with van der Waals surface area (Å²) in [5.74, 6) is 0.934. The minimum absolute atomic E-state index is 0.835. The number of aromatic nitrogens is 1. The summed E-state index contributed by atoms with van der Waals surface area (Å²) in [7, 11) is 0. The standard InChI is InChI=1S/C17H19BrN2/c1-12-8-17(20-11-16(12)18)19-10-13-6-7-14-4-2-3-5-15(14)9-13/h6-9,11H,2-5,10H2,1H3,(H,19,20). The minimum Gasteiger partial charge on any atom is -0.366 e. The number of nitrogens with zero attached hydrogens (tertiary/aromatic N) is 1. The van der Waals surface area contributed by atoms with E-state index in [1.54, 1.807) is 0 Å². The molecule has 0 fully saturated rings. The summed E-state index contributed by atoms with van der Waals surface area (Å²) in [6, 6.07) is 8.96. The molecule has 3 rings (SSSR count). The second kappa shape index (κ2) is 5.96. The zero-order valence-electron chi connectivity index (χ0n) is 11.7. The summed E-state index contributed by atoms with van der Waals surface area (Å²) >= 11 is 3.48. The Hall–Kier alpha value is -1.35. The second-order valence-corrected chi connectivity index (χ2v) is 6.34. The smallest absolute Gasteiger partial charge is 0.126 e. The van der Waals surface area contributed by atoms with Gasteiger partial charge in [-0.1, -0.05) is 18.2 Å². The van der Waals surface area contributed by atoms with Gasteiger partial charge in [0.1, 0.15) is 5.82 Å². The van der Waals surface area contributed by atoms with Crippen LogP contribution in [0, 0.1) is 6.92 Å².